The molecule has 0 saturated heterocycles. The fraction of sp³-hybridized carbons (Fsp3) is 0.462. The van der Waals surface area contributed by atoms with Gasteiger partial charge in [0.05, 0.1) is 13.9 Å². The van der Waals surface area contributed by atoms with Gasteiger partial charge in [0.1, 0.15) is 11.9 Å². The van der Waals surface area contributed by atoms with E-state index in [0.29, 0.717) is 21.3 Å². The summed E-state index contributed by atoms with van der Waals surface area (Å²) in [5.74, 6) is 0.450. The molecule has 6 nitrogen and oxygen atoms in total. The van der Waals surface area contributed by atoms with Crippen LogP contribution in [-0.4, -0.2) is 29.5 Å². The maximum atomic E-state index is 11.5. The van der Waals surface area contributed by atoms with Crippen molar-refractivity contribution < 1.29 is 19.2 Å². The molecule has 2 rings (SSSR count). The summed E-state index contributed by atoms with van der Waals surface area (Å²) in [5, 5.41) is 10.8. The number of ether oxygens (including phenoxy) is 2. The first-order chi connectivity index (χ1) is 9.93. The van der Waals surface area contributed by atoms with E-state index in [1.165, 1.54) is 12.1 Å². The summed E-state index contributed by atoms with van der Waals surface area (Å²) in [5.41, 5.74) is -0.0513. The molecule has 0 bridgehead atoms. The number of carbonyl (C=O) groups excluding carboxylic acids is 1. The molecule has 21 heavy (non-hydrogen) atoms. The lowest BCUT2D eigenvalue weighted by molar-refractivity contribution is -0.385. The van der Waals surface area contributed by atoms with Crippen LogP contribution in [0.1, 0.15) is 19.8 Å². The predicted molar refractivity (Wildman–Crippen MR) is 82.6 cm³/mol. The Morgan fingerprint density at radius 2 is 2.00 bits per heavy atom. The van der Waals surface area contributed by atoms with Crippen molar-refractivity contribution in [1.29, 1.82) is 0 Å². The Kier molecular flexibility index (Phi) is 5.34. The van der Waals surface area contributed by atoms with Gasteiger partial charge in [-0.3, -0.25) is 14.9 Å². The van der Waals surface area contributed by atoms with Crippen LogP contribution in [0.2, 0.25) is 0 Å². The van der Waals surface area contributed by atoms with Crippen LogP contribution in [0.4, 0.5) is 5.69 Å². The maximum absolute atomic E-state index is 11.5. The van der Waals surface area contributed by atoms with Crippen LogP contribution in [0, 0.1) is 10.1 Å². The highest BCUT2D eigenvalue weighted by Crippen LogP contribution is 2.39. The molecule has 0 heterocycles. The number of nitrogens with zero attached hydrogens (tertiary/aromatic N) is 1. The standard InChI is InChI=1S/C13H13Br2NO5/c1-2-3-20-13-10(17)6-11(13)21-12-8(14)4-7(16(18)19)5-9(12)15/h4-5,11,13H,2-3,6H2,1H3. The highest BCUT2D eigenvalue weighted by atomic mass is 79.9. The van der Waals surface area contributed by atoms with E-state index in [1.54, 1.807) is 0 Å². The SMILES string of the molecule is CCCOC1C(=O)CC1Oc1c(Br)cc([N+](=O)[O-])cc1Br. The molecule has 1 aromatic rings. The summed E-state index contributed by atoms with van der Waals surface area (Å²) in [4.78, 5) is 21.8. The first kappa shape index (κ1) is 16.4. The Bertz CT molecular complexity index is 555. The molecule has 1 fully saturated rings. The zero-order valence-corrected chi connectivity index (χ0v) is 14.3. The molecule has 1 aliphatic rings. The zero-order chi connectivity index (χ0) is 15.6. The smallest absolute Gasteiger partial charge is 0.271 e. The summed E-state index contributed by atoms with van der Waals surface area (Å²) in [7, 11) is 0. The topological polar surface area (TPSA) is 78.7 Å². The second-order valence-electron chi connectivity index (χ2n) is 4.61. The molecule has 2 unspecified atom stereocenters. The number of Topliss-reactive ketones (excluding diaryl/α,β-unsaturated/α-hetero) is 1. The minimum atomic E-state index is -0.557. The molecule has 114 valence electrons. The van der Waals surface area contributed by atoms with Crippen LogP contribution in [-0.2, 0) is 9.53 Å². The lowest BCUT2D eigenvalue weighted by atomic mass is 9.90. The lowest BCUT2D eigenvalue weighted by Crippen LogP contribution is -2.52. The largest absolute Gasteiger partial charge is 0.484 e. The number of carbonyl (C=O) groups is 1. The predicted octanol–water partition coefficient (Wildman–Crippen LogP) is 3.64. The number of benzene rings is 1. The van der Waals surface area contributed by atoms with Crippen LogP contribution in [0.5, 0.6) is 5.75 Å². The number of nitro benzene ring substituents is 1. The number of nitro groups is 1. The van der Waals surface area contributed by atoms with Crippen LogP contribution in [0.3, 0.4) is 0 Å². The molecular weight excluding hydrogens is 410 g/mol. The molecule has 0 amide bonds. The highest BCUT2D eigenvalue weighted by molar-refractivity contribution is 9.11. The Labute approximate surface area is 138 Å². The summed E-state index contributed by atoms with van der Waals surface area (Å²) < 4.78 is 12.1. The molecule has 0 N–H and O–H groups in total. The normalized spacial score (nSPS) is 21.0. The van der Waals surface area contributed by atoms with Gasteiger partial charge in [0.25, 0.3) is 5.69 Å². The Hall–Kier alpha value is -0.990. The van der Waals surface area contributed by atoms with Gasteiger partial charge in [0, 0.05) is 25.2 Å². The van der Waals surface area contributed by atoms with Gasteiger partial charge in [0.15, 0.2) is 11.9 Å². The Morgan fingerprint density at radius 3 is 2.48 bits per heavy atom. The average molecular weight is 423 g/mol. The van der Waals surface area contributed by atoms with E-state index < -0.39 is 11.0 Å². The average Bonchev–Trinajstić information content (AvgIpc) is 2.41. The van der Waals surface area contributed by atoms with Gasteiger partial charge in [-0.25, -0.2) is 0 Å². The minimum absolute atomic E-state index is 0.0163. The molecule has 0 radical (unpaired) electrons. The molecule has 1 aliphatic carbocycles. The lowest BCUT2D eigenvalue weighted by Gasteiger charge is -2.35. The van der Waals surface area contributed by atoms with Gasteiger partial charge in [-0.2, -0.15) is 0 Å². The van der Waals surface area contributed by atoms with Crippen molar-refractivity contribution in [3.05, 3.63) is 31.2 Å². The second kappa shape index (κ2) is 6.85. The fourth-order valence-corrected chi connectivity index (χ4v) is 3.28. The van der Waals surface area contributed by atoms with E-state index in [2.05, 4.69) is 31.9 Å². The third kappa shape index (κ3) is 3.61. The summed E-state index contributed by atoms with van der Waals surface area (Å²) in [6, 6.07) is 2.73. The quantitative estimate of drug-likeness (QED) is 0.516. The molecule has 1 aromatic carbocycles. The molecule has 0 spiro atoms. The summed E-state index contributed by atoms with van der Waals surface area (Å²) in [6.07, 6.45) is 0.183. The molecule has 0 aromatic heterocycles. The van der Waals surface area contributed by atoms with Crippen molar-refractivity contribution in [2.45, 2.75) is 32.0 Å². The molecule has 2 atom stereocenters. The third-order valence-corrected chi connectivity index (χ3v) is 4.20. The van der Waals surface area contributed by atoms with Gasteiger partial charge in [-0.05, 0) is 38.3 Å². The number of non-ortho nitro benzene ring substituents is 1. The van der Waals surface area contributed by atoms with Crippen molar-refractivity contribution in [3.8, 4) is 5.75 Å². The van der Waals surface area contributed by atoms with E-state index in [0.717, 1.165) is 6.42 Å². The van der Waals surface area contributed by atoms with Gasteiger partial charge >= 0.3 is 0 Å². The maximum Gasteiger partial charge on any atom is 0.271 e. The van der Waals surface area contributed by atoms with Crippen LogP contribution in [0.15, 0.2) is 21.1 Å². The summed E-state index contributed by atoms with van der Waals surface area (Å²) in [6.45, 7) is 2.46. The van der Waals surface area contributed by atoms with Gasteiger partial charge < -0.3 is 9.47 Å². The summed E-state index contributed by atoms with van der Waals surface area (Å²) >= 11 is 6.50. The number of hydrogen-bond acceptors (Lipinski definition) is 5. The van der Waals surface area contributed by atoms with Gasteiger partial charge in [-0.1, -0.05) is 6.92 Å². The monoisotopic (exact) mass is 421 g/mol. The molecular formula is C13H13Br2NO5. The zero-order valence-electron chi connectivity index (χ0n) is 11.2. The van der Waals surface area contributed by atoms with E-state index in [4.69, 9.17) is 9.47 Å². The van der Waals surface area contributed by atoms with Crippen molar-refractivity contribution in [1.82, 2.24) is 0 Å². The van der Waals surface area contributed by atoms with Gasteiger partial charge in [-0.15, -0.1) is 0 Å². The van der Waals surface area contributed by atoms with Gasteiger partial charge in [0.2, 0.25) is 0 Å². The van der Waals surface area contributed by atoms with Crippen LogP contribution < -0.4 is 4.74 Å². The second-order valence-corrected chi connectivity index (χ2v) is 6.32. The van der Waals surface area contributed by atoms with E-state index in [9.17, 15) is 14.9 Å². The number of ketones is 1. The highest BCUT2D eigenvalue weighted by Gasteiger charge is 2.43. The molecule has 1 saturated carbocycles. The fourth-order valence-electron chi connectivity index (χ4n) is 1.93. The van der Waals surface area contributed by atoms with Crippen molar-refractivity contribution in [2.75, 3.05) is 6.61 Å². The third-order valence-electron chi connectivity index (χ3n) is 3.02. The first-order valence-corrected chi connectivity index (χ1v) is 7.97. The van der Waals surface area contributed by atoms with E-state index >= 15 is 0 Å². The number of rotatable bonds is 6. The van der Waals surface area contributed by atoms with Crippen molar-refractivity contribution >= 4 is 43.3 Å². The van der Waals surface area contributed by atoms with Crippen molar-refractivity contribution in [2.24, 2.45) is 0 Å². The van der Waals surface area contributed by atoms with Crippen molar-refractivity contribution in [3.63, 3.8) is 0 Å². The van der Waals surface area contributed by atoms with E-state index in [-0.39, 0.29) is 24.0 Å². The molecule has 0 aliphatic heterocycles. The minimum Gasteiger partial charge on any atom is -0.484 e. The number of hydrogen-bond donors (Lipinski definition) is 0. The van der Waals surface area contributed by atoms with Crippen LogP contribution >= 0.6 is 31.9 Å². The van der Waals surface area contributed by atoms with Crippen LogP contribution in [0.25, 0.3) is 0 Å². The molecule has 8 heteroatoms. The first-order valence-electron chi connectivity index (χ1n) is 6.38. The Balaban J connectivity index is 2.13. The Morgan fingerprint density at radius 1 is 1.38 bits per heavy atom. The number of halogens is 2. The van der Waals surface area contributed by atoms with E-state index in [1.807, 2.05) is 6.92 Å².